The highest BCUT2D eigenvalue weighted by molar-refractivity contribution is 7.99. The standard InChI is InChI=1S/C23H12F4N4O2S2/c24-12-6-2-4-8-15(12)31-21(33)11-5-1-3-7-14(11)28-23(31)34-10-17(32)29-22-30-20-16(35-22)9-13(25)18(26)19(20)27/h1-9H,10H2,(H,29,30,32). The van der Waals surface area contributed by atoms with Crippen molar-refractivity contribution in [1.29, 1.82) is 0 Å². The Hall–Kier alpha value is -3.77. The molecule has 0 aliphatic heterocycles. The van der Waals surface area contributed by atoms with E-state index in [4.69, 9.17) is 0 Å². The first kappa shape index (κ1) is 23.0. The van der Waals surface area contributed by atoms with Crippen LogP contribution in [0.1, 0.15) is 0 Å². The van der Waals surface area contributed by atoms with Gasteiger partial charge in [-0.2, -0.15) is 0 Å². The van der Waals surface area contributed by atoms with E-state index in [0.29, 0.717) is 5.52 Å². The Morgan fingerprint density at radius 2 is 1.71 bits per heavy atom. The van der Waals surface area contributed by atoms with Gasteiger partial charge in [0, 0.05) is 0 Å². The summed E-state index contributed by atoms with van der Waals surface area (Å²) in [4.78, 5) is 34.0. The lowest BCUT2D eigenvalue weighted by Gasteiger charge is -2.13. The predicted molar refractivity (Wildman–Crippen MR) is 126 cm³/mol. The molecule has 0 bridgehead atoms. The van der Waals surface area contributed by atoms with E-state index in [-0.39, 0.29) is 31.8 Å². The van der Waals surface area contributed by atoms with Crippen LogP contribution in [0.25, 0.3) is 26.8 Å². The first-order valence-corrected chi connectivity index (χ1v) is 11.8. The lowest BCUT2D eigenvalue weighted by atomic mass is 10.2. The molecule has 5 aromatic rings. The number of rotatable bonds is 5. The molecule has 0 radical (unpaired) electrons. The Labute approximate surface area is 202 Å². The molecule has 3 aromatic carbocycles. The van der Waals surface area contributed by atoms with Gasteiger partial charge in [-0.05, 0) is 30.3 Å². The topological polar surface area (TPSA) is 76.9 Å². The third kappa shape index (κ3) is 4.26. The zero-order valence-electron chi connectivity index (χ0n) is 17.4. The molecule has 1 N–H and O–H groups in total. The van der Waals surface area contributed by atoms with Crippen molar-refractivity contribution in [3.05, 3.63) is 88.2 Å². The summed E-state index contributed by atoms with van der Waals surface area (Å²) in [6, 6.07) is 13.0. The molecule has 0 spiro atoms. The van der Waals surface area contributed by atoms with E-state index in [1.54, 1.807) is 30.3 Å². The van der Waals surface area contributed by atoms with Crippen LogP contribution in [0, 0.1) is 23.3 Å². The van der Waals surface area contributed by atoms with E-state index in [2.05, 4.69) is 15.3 Å². The lowest BCUT2D eigenvalue weighted by Crippen LogP contribution is -2.23. The van der Waals surface area contributed by atoms with Gasteiger partial charge in [-0.15, -0.1) is 0 Å². The van der Waals surface area contributed by atoms with Gasteiger partial charge in [0.05, 0.1) is 27.0 Å². The zero-order valence-corrected chi connectivity index (χ0v) is 19.0. The minimum absolute atomic E-state index is 0.0222. The van der Waals surface area contributed by atoms with Crippen LogP contribution in [0.3, 0.4) is 0 Å². The van der Waals surface area contributed by atoms with Crippen molar-refractivity contribution in [3.63, 3.8) is 0 Å². The summed E-state index contributed by atoms with van der Waals surface area (Å²) in [5, 5.41) is 2.73. The molecule has 0 atom stereocenters. The molecule has 2 heterocycles. The summed E-state index contributed by atoms with van der Waals surface area (Å²) in [7, 11) is 0. The second kappa shape index (κ2) is 9.12. The maximum Gasteiger partial charge on any atom is 0.266 e. The average molecular weight is 517 g/mol. The molecule has 0 fully saturated rings. The van der Waals surface area contributed by atoms with Crippen LogP contribution < -0.4 is 10.9 Å². The molecular weight excluding hydrogens is 504 g/mol. The summed E-state index contributed by atoms with van der Waals surface area (Å²) in [5.74, 6) is -5.96. The van der Waals surface area contributed by atoms with Gasteiger partial charge in [0.25, 0.3) is 5.56 Å². The fourth-order valence-electron chi connectivity index (χ4n) is 3.37. The van der Waals surface area contributed by atoms with Gasteiger partial charge in [0.15, 0.2) is 27.7 Å². The maximum absolute atomic E-state index is 14.5. The second-order valence-electron chi connectivity index (χ2n) is 7.19. The van der Waals surface area contributed by atoms with E-state index in [1.165, 1.54) is 18.2 Å². The smallest absolute Gasteiger partial charge is 0.266 e. The monoisotopic (exact) mass is 516 g/mol. The van der Waals surface area contributed by atoms with Gasteiger partial charge < -0.3 is 5.32 Å². The predicted octanol–water partition coefficient (Wildman–Crippen LogP) is 5.28. The summed E-state index contributed by atoms with van der Waals surface area (Å²) in [5.41, 5.74) is -0.557. The van der Waals surface area contributed by atoms with Crippen LogP contribution in [0.15, 0.2) is 64.5 Å². The molecule has 0 aliphatic rings. The summed E-state index contributed by atoms with van der Waals surface area (Å²) < 4.78 is 56.5. The molecule has 0 unspecified atom stereocenters. The Kier molecular flexibility index (Phi) is 5.99. The SMILES string of the molecule is O=C(CSc1nc2ccccc2c(=O)n1-c1ccccc1F)Nc1nc2c(F)c(F)c(F)cc2s1. The van der Waals surface area contributed by atoms with Crippen LogP contribution in [0.4, 0.5) is 22.7 Å². The largest absolute Gasteiger partial charge is 0.301 e. The minimum atomic E-state index is -1.65. The number of para-hydroxylation sites is 2. The quantitative estimate of drug-likeness (QED) is 0.149. The first-order valence-electron chi connectivity index (χ1n) is 9.97. The number of halogens is 4. The molecule has 0 aliphatic carbocycles. The molecule has 5 rings (SSSR count). The van der Waals surface area contributed by atoms with Crippen LogP contribution in [0.2, 0.25) is 0 Å². The molecule has 0 saturated carbocycles. The fourth-order valence-corrected chi connectivity index (χ4v) is 5.08. The highest BCUT2D eigenvalue weighted by Crippen LogP contribution is 2.31. The number of nitrogens with zero attached hydrogens (tertiary/aromatic N) is 3. The van der Waals surface area contributed by atoms with Gasteiger partial charge in [-0.1, -0.05) is 47.4 Å². The van der Waals surface area contributed by atoms with Gasteiger partial charge >= 0.3 is 0 Å². The molecule has 6 nitrogen and oxygen atoms in total. The van der Waals surface area contributed by atoms with Crippen LogP contribution in [0.5, 0.6) is 0 Å². The Bertz CT molecular complexity index is 1690. The third-order valence-electron chi connectivity index (χ3n) is 4.94. The summed E-state index contributed by atoms with van der Waals surface area (Å²) in [6.45, 7) is 0. The number of thiazole rings is 1. The third-order valence-corrected chi connectivity index (χ3v) is 6.79. The van der Waals surface area contributed by atoms with Crippen LogP contribution >= 0.6 is 23.1 Å². The summed E-state index contributed by atoms with van der Waals surface area (Å²) in [6.07, 6.45) is 0. The minimum Gasteiger partial charge on any atom is -0.301 e. The van der Waals surface area contributed by atoms with Gasteiger partial charge in [0.2, 0.25) is 5.91 Å². The summed E-state index contributed by atoms with van der Waals surface area (Å²) >= 11 is 1.65. The number of anilines is 1. The van der Waals surface area contributed by atoms with Gasteiger partial charge in [-0.3, -0.25) is 14.2 Å². The number of carbonyl (C=O) groups is 1. The number of aromatic nitrogens is 3. The van der Waals surface area contributed by atoms with Crippen LogP contribution in [-0.4, -0.2) is 26.2 Å². The van der Waals surface area contributed by atoms with Crippen molar-refractivity contribution < 1.29 is 22.4 Å². The lowest BCUT2D eigenvalue weighted by molar-refractivity contribution is -0.113. The average Bonchev–Trinajstić information content (AvgIpc) is 3.24. The van der Waals surface area contributed by atoms with E-state index < -0.39 is 40.3 Å². The van der Waals surface area contributed by atoms with Gasteiger partial charge in [0.1, 0.15) is 11.3 Å². The normalized spacial score (nSPS) is 11.3. The molecule has 35 heavy (non-hydrogen) atoms. The zero-order chi connectivity index (χ0) is 24.7. The van der Waals surface area contributed by atoms with E-state index in [0.717, 1.165) is 33.7 Å². The molecule has 176 valence electrons. The number of carbonyl (C=O) groups excluding carboxylic acids is 1. The van der Waals surface area contributed by atoms with Crippen molar-refractivity contribution in [2.24, 2.45) is 0 Å². The number of amides is 1. The molecule has 12 heteroatoms. The van der Waals surface area contributed by atoms with E-state index in [1.807, 2.05) is 0 Å². The van der Waals surface area contributed by atoms with Gasteiger partial charge in [-0.25, -0.2) is 27.5 Å². The van der Waals surface area contributed by atoms with Crippen molar-refractivity contribution in [3.8, 4) is 5.69 Å². The highest BCUT2D eigenvalue weighted by atomic mass is 32.2. The van der Waals surface area contributed by atoms with Crippen molar-refractivity contribution in [2.75, 3.05) is 11.1 Å². The Balaban J connectivity index is 1.45. The number of fused-ring (bicyclic) bond motifs is 2. The van der Waals surface area contributed by atoms with Crippen molar-refractivity contribution in [2.45, 2.75) is 5.16 Å². The maximum atomic E-state index is 14.5. The Morgan fingerprint density at radius 3 is 2.51 bits per heavy atom. The molecule has 2 aromatic heterocycles. The number of hydrogen-bond donors (Lipinski definition) is 1. The number of thioether (sulfide) groups is 1. The second-order valence-corrected chi connectivity index (χ2v) is 9.17. The van der Waals surface area contributed by atoms with Crippen LogP contribution in [-0.2, 0) is 4.79 Å². The van der Waals surface area contributed by atoms with E-state index >= 15 is 0 Å². The molecule has 0 saturated heterocycles. The highest BCUT2D eigenvalue weighted by Gasteiger charge is 2.20. The Morgan fingerprint density at radius 1 is 0.971 bits per heavy atom. The molecular formula is C23H12F4N4O2S2. The number of benzene rings is 3. The first-order chi connectivity index (χ1) is 16.8. The molecule has 1 amide bonds. The number of nitrogens with one attached hydrogen (secondary N) is 1. The fraction of sp³-hybridized carbons (Fsp3) is 0.0435. The van der Waals surface area contributed by atoms with Crippen molar-refractivity contribution >= 4 is 55.3 Å². The van der Waals surface area contributed by atoms with Crippen molar-refractivity contribution in [1.82, 2.24) is 14.5 Å². The van der Waals surface area contributed by atoms with E-state index in [9.17, 15) is 27.2 Å². The number of hydrogen-bond acceptors (Lipinski definition) is 6.